The van der Waals surface area contributed by atoms with E-state index in [1.807, 2.05) is 42.5 Å². The Labute approximate surface area is 168 Å². The number of primary amides is 1. The number of hydrogen-bond donors (Lipinski definition) is 1. The third-order valence-electron chi connectivity index (χ3n) is 5.46. The average molecular weight is 379 g/mol. The van der Waals surface area contributed by atoms with Crippen LogP contribution in [0.15, 0.2) is 77.4 Å². The highest BCUT2D eigenvalue weighted by Crippen LogP contribution is 2.35. The van der Waals surface area contributed by atoms with Gasteiger partial charge in [-0.1, -0.05) is 30.3 Å². The van der Waals surface area contributed by atoms with Crippen molar-refractivity contribution in [3.63, 3.8) is 0 Å². The van der Waals surface area contributed by atoms with Crippen LogP contribution in [0.25, 0.3) is 33.1 Å². The zero-order chi connectivity index (χ0) is 20.0. The Balaban J connectivity index is 1.84. The quantitative estimate of drug-likeness (QED) is 0.460. The van der Waals surface area contributed by atoms with E-state index in [9.17, 15) is 4.79 Å². The topological polar surface area (TPSA) is 61.2 Å². The lowest BCUT2D eigenvalue weighted by Gasteiger charge is -2.11. The molecule has 3 aromatic carbocycles. The van der Waals surface area contributed by atoms with Gasteiger partial charge < -0.3 is 14.7 Å². The third kappa shape index (κ3) is 2.81. The summed E-state index contributed by atoms with van der Waals surface area (Å²) in [5.74, 6) is 0.347. The summed E-state index contributed by atoms with van der Waals surface area (Å²) in [5.41, 5.74) is 11.5. The number of aryl methyl sites for hydroxylation is 1. The molecule has 4 nitrogen and oxygen atoms in total. The Kier molecular flexibility index (Phi) is 3.98. The number of nitrogens with two attached hydrogens (primary N) is 1. The van der Waals surface area contributed by atoms with Gasteiger partial charge in [0.15, 0.2) is 0 Å². The molecule has 0 aliphatic heterocycles. The number of rotatable bonds is 4. The Morgan fingerprint density at radius 3 is 2.69 bits per heavy atom. The lowest BCUT2D eigenvalue weighted by atomic mass is 10.0. The lowest BCUT2D eigenvalue weighted by molar-refractivity contribution is 0.100. The Hall–Kier alpha value is -3.79. The van der Waals surface area contributed by atoms with Crippen LogP contribution in [0.4, 0.5) is 0 Å². The van der Waals surface area contributed by atoms with Crippen molar-refractivity contribution in [2.24, 2.45) is 5.73 Å². The minimum Gasteiger partial charge on any atom is -0.464 e. The summed E-state index contributed by atoms with van der Waals surface area (Å²) < 4.78 is 7.80. The molecule has 0 aliphatic carbocycles. The van der Waals surface area contributed by atoms with Crippen molar-refractivity contribution in [1.29, 1.82) is 0 Å². The zero-order valence-corrected chi connectivity index (χ0v) is 16.0. The molecular formula is C25H19N2O2. The number of furan rings is 1. The van der Waals surface area contributed by atoms with Crippen molar-refractivity contribution in [3.8, 4) is 11.3 Å². The van der Waals surface area contributed by atoms with Crippen LogP contribution in [0, 0.1) is 13.0 Å². The molecule has 0 saturated carbocycles. The van der Waals surface area contributed by atoms with E-state index in [1.165, 1.54) is 11.1 Å². The van der Waals surface area contributed by atoms with Gasteiger partial charge in [0, 0.05) is 28.4 Å². The van der Waals surface area contributed by atoms with E-state index >= 15 is 0 Å². The van der Waals surface area contributed by atoms with E-state index in [4.69, 9.17) is 10.2 Å². The number of fused-ring (bicyclic) bond motifs is 3. The molecule has 0 saturated heterocycles. The number of benzene rings is 3. The highest BCUT2D eigenvalue weighted by Gasteiger charge is 2.18. The maximum absolute atomic E-state index is 12.1. The second-order valence-corrected chi connectivity index (χ2v) is 7.20. The van der Waals surface area contributed by atoms with Crippen LogP contribution in [-0.2, 0) is 6.54 Å². The van der Waals surface area contributed by atoms with Gasteiger partial charge >= 0.3 is 0 Å². The summed E-state index contributed by atoms with van der Waals surface area (Å²) in [7, 11) is 0. The molecule has 0 spiro atoms. The number of amides is 1. The van der Waals surface area contributed by atoms with E-state index in [0.29, 0.717) is 12.1 Å². The molecule has 5 rings (SSSR count). The van der Waals surface area contributed by atoms with Crippen LogP contribution in [0.2, 0.25) is 0 Å². The predicted molar refractivity (Wildman–Crippen MR) is 115 cm³/mol. The first-order valence-corrected chi connectivity index (χ1v) is 9.48. The van der Waals surface area contributed by atoms with Crippen molar-refractivity contribution in [3.05, 3.63) is 95.7 Å². The van der Waals surface area contributed by atoms with E-state index in [0.717, 1.165) is 33.1 Å². The van der Waals surface area contributed by atoms with Gasteiger partial charge in [0.05, 0.1) is 17.3 Å². The molecule has 4 heteroatoms. The first kappa shape index (κ1) is 17.3. The standard InChI is InChI=1S/C25H19N2O2/c1-16-6-2-3-7-18(16)15-27-21-9-4-8-20(25(26)28)24(21)19-12-11-17(14-22(19)27)23-10-5-13-29-23/h2-11,13-14H,15H2,1H3,(H2,26,28). The second-order valence-electron chi connectivity index (χ2n) is 7.20. The van der Waals surface area contributed by atoms with Crippen LogP contribution < -0.4 is 5.73 Å². The summed E-state index contributed by atoms with van der Waals surface area (Å²) in [6.45, 7) is 2.79. The minimum atomic E-state index is -0.436. The first-order chi connectivity index (χ1) is 14.1. The van der Waals surface area contributed by atoms with E-state index in [2.05, 4.69) is 35.8 Å². The van der Waals surface area contributed by atoms with Gasteiger partial charge in [0.2, 0.25) is 5.91 Å². The molecule has 1 amide bonds. The monoisotopic (exact) mass is 379 g/mol. The normalized spacial score (nSPS) is 11.3. The van der Waals surface area contributed by atoms with E-state index < -0.39 is 5.91 Å². The predicted octanol–water partition coefficient (Wildman–Crippen LogP) is 5.31. The third-order valence-corrected chi connectivity index (χ3v) is 5.46. The lowest BCUT2D eigenvalue weighted by Crippen LogP contribution is -2.11. The van der Waals surface area contributed by atoms with Crippen LogP contribution in [0.5, 0.6) is 0 Å². The molecule has 0 bridgehead atoms. The van der Waals surface area contributed by atoms with Crippen LogP contribution in [-0.4, -0.2) is 10.5 Å². The van der Waals surface area contributed by atoms with Gasteiger partial charge in [-0.3, -0.25) is 4.79 Å². The number of hydrogen-bond acceptors (Lipinski definition) is 2. The molecule has 0 unspecified atom stereocenters. The van der Waals surface area contributed by atoms with Gasteiger partial charge in [0.25, 0.3) is 0 Å². The van der Waals surface area contributed by atoms with E-state index in [1.54, 1.807) is 12.3 Å². The van der Waals surface area contributed by atoms with Gasteiger partial charge in [-0.15, -0.1) is 0 Å². The number of nitrogens with zero attached hydrogens (tertiary/aromatic N) is 1. The second kappa shape index (κ2) is 6.67. The number of carbonyl (C=O) groups is 1. The zero-order valence-electron chi connectivity index (χ0n) is 16.0. The highest BCUT2D eigenvalue weighted by atomic mass is 16.3. The number of aromatic nitrogens is 1. The maximum atomic E-state index is 12.1. The number of carbonyl (C=O) groups excluding carboxylic acids is 1. The van der Waals surface area contributed by atoms with Gasteiger partial charge in [-0.25, -0.2) is 0 Å². The fraction of sp³-hybridized carbons (Fsp3) is 0.0800. The van der Waals surface area contributed by atoms with Gasteiger partial charge in [0.1, 0.15) is 5.76 Å². The van der Waals surface area contributed by atoms with Crippen LogP contribution >= 0.6 is 0 Å². The fourth-order valence-corrected chi connectivity index (χ4v) is 3.97. The Morgan fingerprint density at radius 2 is 1.93 bits per heavy atom. The van der Waals surface area contributed by atoms with Crippen molar-refractivity contribution in [2.75, 3.05) is 0 Å². The van der Waals surface area contributed by atoms with Crippen molar-refractivity contribution >= 4 is 27.7 Å². The summed E-state index contributed by atoms with van der Waals surface area (Å²) in [6, 6.07) is 25.2. The largest absolute Gasteiger partial charge is 0.464 e. The van der Waals surface area contributed by atoms with Gasteiger partial charge in [-0.2, -0.15) is 0 Å². The van der Waals surface area contributed by atoms with Crippen molar-refractivity contribution < 1.29 is 9.21 Å². The van der Waals surface area contributed by atoms with Gasteiger partial charge in [-0.05, 0) is 60.5 Å². The molecule has 0 atom stereocenters. The first-order valence-electron chi connectivity index (χ1n) is 9.48. The molecule has 2 aromatic heterocycles. The smallest absolute Gasteiger partial charge is 0.249 e. The summed E-state index contributed by atoms with van der Waals surface area (Å²) in [5, 5.41) is 1.73. The Bertz CT molecular complexity index is 1360. The molecule has 29 heavy (non-hydrogen) atoms. The summed E-state index contributed by atoms with van der Waals surface area (Å²) in [6.07, 6.45) is 1.66. The van der Waals surface area contributed by atoms with Crippen LogP contribution in [0.1, 0.15) is 21.5 Å². The molecule has 5 aromatic rings. The molecule has 2 heterocycles. The molecule has 2 N–H and O–H groups in total. The molecule has 1 radical (unpaired) electrons. The molecule has 0 aliphatic rings. The highest BCUT2D eigenvalue weighted by molar-refractivity contribution is 6.18. The molecule has 141 valence electrons. The SMILES string of the molecule is Cc1ccccc1Cn1c2cc(-c3ccco3)c[c]c2c2c(C(N)=O)cccc21. The molecule has 0 fully saturated rings. The average Bonchev–Trinajstić information content (AvgIpc) is 3.36. The minimum absolute atomic E-state index is 0.436. The van der Waals surface area contributed by atoms with Crippen molar-refractivity contribution in [1.82, 2.24) is 4.57 Å². The van der Waals surface area contributed by atoms with Crippen molar-refractivity contribution in [2.45, 2.75) is 13.5 Å². The Morgan fingerprint density at radius 1 is 1.07 bits per heavy atom. The summed E-state index contributed by atoms with van der Waals surface area (Å²) in [4.78, 5) is 12.1. The maximum Gasteiger partial charge on any atom is 0.249 e. The fourth-order valence-electron chi connectivity index (χ4n) is 3.97. The summed E-state index contributed by atoms with van der Waals surface area (Å²) >= 11 is 0. The molecular weight excluding hydrogens is 360 g/mol. The van der Waals surface area contributed by atoms with Crippen LogP contribution in [0.3, 0.4) is 0 Å². The van der Waals surface area contributed by atoms with E-state index in [-0.39, 0.29) is 0 Å².